The van der Waals surface area contributed by atoms with Gasteiger partial charge in [0.15, 0.2) is 0 Å². The maximum atomic E-state index is 9.87. The van der Waals surface area contributed by atoms with Gasteiger partial charge in [-0.25, -0.2) is 0 Å². The van der Waals surface area contributed by atoms with Gasteiger partial charge in [-0.2, -0.15) is 0 Å². The van der Waals surface area contributed by atoms with E-state index in [1.807, 2.05) is 30.3 Å². The normalized spacial score (nSPS) is 13.1. The summed E-state index contributed by atoms with van der Waals surface area (Å²) in [4.78, 5) is 0. The third kappa shape index (κ3) is 5.13. The lowest BCUT2D eigenvalue weighted by Gasteiger charge is -2.07. The van der Waals surface area contributed by atoms with Gasteiger partial charge in [0, 0.05) is 0 Å². The summed E-state index contributed by atoms with van der Waals surface area (Å²) >= 11 is 0. The lowest BCUT2D eigenvalue weighted by Crippen LogP contribution is -1.94. The van der Waals surface area contributed by atoms with Crippen LogP contribution in [0.3, 0.4) is 0 Å². The monoisotopic (exact) mass is 218 g/mol. The van der Waals surface area contributed by atoms with Gasteiger partial charge in [0.1, 0.15) is 0 Å². The zero-order chi connectivity index (χ0) is 11.6. The standard InChI is InChI=1S/C15H22O/c1-2-3-4-5-6-10-13-15(16)14-11-8-7-9-12-14/h6-12,15-16H,2-5,13H2,1H3/b10-6-/t15-/m0/s1. The van der Waals surface area contributed by atoms with Crippen molar-refractivity contribution in [3.05, 3.63) is 48.0 Å². The van der Waals surface area contributed by atoms with Crippen LogP contribution in [0.4, 0.5) is 0 Å². The van der Waals surface area contributed by atoms with Crippen LogP contribution in [0.15, 0.2) is 42.5 Å². The predicted molar refractivity (Wildman–Crippen MR) is 69.3 cm³/mol. The highest BCUT2D eigenvalue weighted by Gasteiger charge is 2.02. The molecular weight excluding hydrogens is 196 g/mol. The molecule has 0 bridgehead atoms. The Balaban J connectivity index is 2.22. The van der Waals surface area contributed by atoms with E-state index in [4.69, 9.17) is 0 Å². The molecule has 0 aromatic heterocycles. The summed E-state index contributed by atoms with van der Waals surface area (Å²) in [5.74, 6) is 0. The largest absolute Gasteiger partial charge is 0.388 e. The van der Waals surface area contributed by atoms with Gasteiger partial charge < -0.3 is 5.11 Å². The van der Waals surface area contributed by atoms with Crippen molar-refractivity contribution in [1.29, 1.82) is 0 Å². The maximum absolute atomic E-state index is 9.87. The van der Waals surface area contributed by atoms with Gasteiger partial charge in [-0.3, -0.25) is 0 Å². The Kier molecular flexibility index (Phi) is 6.59. The van der Waals surface area contributed by atoms with E-state index >= 15 is 0 Å². The highest BCUT2D eigenvalue weighted by molar-refractivity contribution is 5.17. The minimum Gasteiger partial charge on any atom is -0.388 e. The molecule has 0 aliphatic heterocycles. The number of rotatable bonds is 7. The fourth-order valence-corrected chi connectivity index (χ4v) is 1.67. The first-order chi connectivity index (χ1) is 7.84. The van der Waals surface area contributed by atoms with E-state index < -0.39 is 0 Å². The molecule has 1 aromatic rings. The van der Waals surface area contributed by atoms with Crippen molar-refractivity contribution in [3.63, 3.8) is 0 Å². The zero-order valence-corrected chi connectivity index (χ0v) is 10.1. The lowest BCUT2D eigenvalue weighted by atomic mass is 10.1. The Bertz CT molecular complexity index is 290. The van der Waals surface area contributed by atoms with Crippen molar-refractivity contribution in [2.75, 3.05) is 0 Å². The second-order valence-corrected chi connectivity index (χ2v) is 4.13. The topological polar surface area (TPSA) is 20.2 Å². The summed E-state index contributed by atoms with van der Waals surface area (Å²) in [5.41, 5.74) is 1.00. The predicted octanol–water partition coefficient (Wildman–Crippen LogP) is 4.25. The van der Waals surface area contributed by atoms with Crippen LogP contribution in [0.5, 0.6) is 0 Å². The number of hydrogen-bond acceptors (Lipinski definition) is 1. The van der Waals surface area contributed by atoms with Gasteiger partial charge in [-0.05, 0) is 24.8 Å². The second-order valence-electron chi connectivity index (χ2n) is 4.13. The van der Waals surface area contributed by atoms with E-state index in [-0.39, 0.29) is 6.10 Å². The Morgan fingerprint density at radius 3 is 2.56 bits per heavy atom. The molecule has 16 heavy (non-hydrogen) atoms. The summed E-state index contributed by atoms with van der Waals surface area (Å²) in [7, 11) is 0. The van der Waals surface area contributed by atoms with Crippen LogP contribution in [0.1, 0.15) is 50.7 Å². The van der Waals surface area contributed by atoms with Crippen LogP contribution in [-0.4, -0.2) is 5.11 Å². The number of benzene rings is 1. The number of aliphatic hydroxyl groups is 1. The van der Waals surface area contributed by atoms with Crippen LogP contribution >= 0.6 is 0 Å². The number of aliphatic hydroxyl groups excluding tert-OH is 1. The summed E-state index contributed by atoms with van der Waals surface area (Å²) in [6.45, 7) is 2.21. The molecule has 1 heteroatoms. The highest BCUT2D eigenvalue weighted by Crippen LogP contribution is 2.16. The Labute approximate surface area is 98.8 Å². The summed E-state index contributed by atoms with van der Waals surface area (Å²) < 4.78 is 0. The summed E-state index contributed by atoms with van der Waals surface area (Å²) in [6, 6.07) is 9.83. The van der Waals surface area contributed by atoms with Gasteiger partial charge in [-0.1, -0.05) is 62.2 Å². The number of hydrogen-bond donors (Lipinski definition) is 1. The molecule has 0 radical (unpaired) electrons. The van der Waals surface area contributed by atoms with Crippen molar-refractivity contribution in [2.24, 2.45) is 0 Å². The first-order valence-corrected chi connectivity index (χ1v) is 6.22. The molecule has 0 saturated heterocycles. The van der Waals surface area contributed by atoms with E-state index in [1.54, 1.807) is 0 Å². The fourth-order valence-electron chi connectivity index (χ4n) is 1.67. The summed E-state index contributed by atoms with van der Waals surface area (Å²) in [6.07, 6.45) is 9.59. The van der Waals surface area contributed by atoms with Crippen LogP contribution < -0.4 is 0 Å². The molecule has 0 unspecified atom stereocenters. The Morgan fingerprint density at radius 1 is 1.12 bits per heavy atom. The van der Waals surface area contributed by atoms with Crippen molar-refractivity contribution in [3.8, 4) is 0 Å². The van der Waals surface area contributed by atoms with Gasteiger partial charge in [0.25, 0.3) is 0 Å². The third-order valence-corrected chi connectivity index (χ3v) is 2.68. The average Bonchev–Trinajstić information content (AvgIpc) is 2.34. The van der Waals surface area contributed by atoms with Gasteiger partial charge in [-0.15, -0.1) is 0 Å². The van der Waals surface area contributed by atoms with Crippen molar-refractivity contribution >= 4 is 0 Å². The Hall–Kier alpha value is -1.08. The summed E-state index contributed by atoms with van der Waals surface area (Å²) in [5, 5.41) is 9.87. The molecule has 0 heterocycles. The molecule has 1 nitrogen and oxygen atoms in total. The molecule has 1 aromatic carbocycles. The molecule has 1 N–H and O–H groups in total. The molecule has 88 valence electrons. The average molecular weight is 218 g/mol. The quantitative estimate of drug-likeness (QED) is 0.536. The minimum atomic E-state index is -0.358. The lowest BCUT2D eigenvalue weighted by molar-refractivity contribution is 0.181. The van der Waals surface area contributed by atoms with Crippen LogP contribution in [0.25, 0.3) is 0 Å². The van der Waals surface area contributed by atoms with Crippen molar-refractivity contribution < 1.29 is 5.11 Å². The van der Waals surface area contributed by atoms with E-state index in [2.05, 4.69) is 19.1 Å². The molecule has 0 amide bonds. The zero-order valence-electron chi connectivity index (χ0n) is 10.1. The Morgan fingerprint density at radius 2 is 1.88 bits per heavy atom. The van der Waals surface area contributed by atoms with Gasteiger partial charge >= 0.3 is 0 Å². The SMILES string of the molecule is CCCCC/C=C\C[C@H](O)c1ccccc1. The first-order valence-electron chi connectivity index (χ1n) is 6.22. The van der Waals surface area contributed by atoms with E-state index in [0.29, 0.717) is 0 Å². The molecular formula is C15H22O. The first kappa shape index (κ1) is 13.0. The third-order valence-electron chi connectivity index (χ3n) is 2.68. The fraction of sp³-hybridized carbons (Fsp3) is 0.467. The smallest absolute Gasteiger partial charge is 0.0824 e. The van der Waals surface area contributed by atoms with Gasteiger partial charge in [0.05, 0.1) is 6.10 Å². The molecule has 1 rings (SSSR count). The highest BCUT2D eigenvalue weighted by atomic mass is 16.3. The van der Waals surface area contributed by atoms with Gasteiger partial charge in [0.2, 0.25) is 0 Å². The number of allylic oxidation sites excluding steroid dienone is 1. The number of unbranched alkanes of at least 4 members (excludes halogenated alkanes) is 3. The van der Waals surface area contributed by atoms with Crippen LogP contribution in [-0.2, 0) is 0 Å². The van der Waals surface area contributed by atoms with Crippen LogP contribution in [0, 0.1) is 0 Å². The molecule has 0 aliphatic rings. The van der Waals surface area contributed by atoms with E-state index in [0.717, 1.165) is 18.4 Å². The minimum absolute atomic E-state index is 0.358. The molecule has 0 saturated carbocycles. The van der Waals surface area contributed by atoms with Crippen LogP contribution in [0.2, 0.25) is 0 Å². The second kappa shape index (κ2) is 8.12. The van der Waals surface area contributed by atoms with Crippen molar-refractivity contribution in [1.82, 2.24) is 0 Å². The molecule has 0 aliphatic carbocycles. The van der Waals surface area contributed by atoms with E-state index in [9.17, 15) is 5.11 Å². The van der Waals surface area contributed by atoms with E-state index in [1.165, 1.54) is 19.3 Å². The maximum Gasteiger partial charge on any atom is 0.0824 e. The molecule has 0 spiro atoms. The molecule has 0 fully saturated rings. The molecule has 1 atom stereocenters. The van der Waals surface area contributed by atoms with Crippen molar-refractivity contribution in [2.45, 2.75) is 45.1 Å².